The Balaban J connectivity index is 0. The Kier molecular flexibility index (Phi) is 11.4. The summed E-state index contributed by atoms with van der Waals surface area (Å²) in [5, 5.41) is 38.0. The molecule has 0 saturated heterocycles. The van der Waals surface area contributed by atoms with Gasteiger partial charge in [0.2, 0.25) is 0 Å². The summed E-state index contributed by atoms with van der Waals surface area (Å²) in [6, 6.07) is 0. The fourth-order valence-electron chi connectivity index (χ4n) is 1.46. The van der Waals surface area contributed by atoms with Gasteiger partial charge in [-0.3, -0.25) is 19.4 Å². The van der Waals surface area contributed by atoms with Crippen LogP contribution in [-0.2, 0) is 36.2 Å². The van der Waals surface area contributed by atoms with Crippen molar-refractivity contribution in [1.82, 2.24) is 9.80 Å². The van der Waals surface area contributed by atoms with Crippen molar-refractivity contribution in [3.05, 3.63) is 0 Å². The Hall–Kier alpha value is -1.68. The van der Waals surface area contributed by atoms with Gasteiger partial charge in [-0.25, -0.2) is 0 Å². The third-order valence-corrected chi connectivity index (χ3v) is 2.16. The van der Waals surface area contributed by atoms with Crippen molar-refractivity contribution < 1.29 is 56.7 Å². The number of hydrogen-bond donors (Lipinski definition) is 2. The molecule has 0 unspecified atom stereocenters. The van der Waals surface area contributed by atoms with Crippen molar-refractivity contribution in [3.8, 4) is 0 Å². The number of nitrogens with zero attached hydrogens (tertiary/aromatic N) is 2. The zero-order valence-corrected chi connectivity index (χ0v) is 11.9. The first-order chi connectivity index (χ1) is 9.20. The van der Waals surface area contributed by atoms with E-state index in [1.165, 1.54) is 0 Å². The fraction of sp³-hybridized carbons (Fsp3) is 0.600. The molecule has 0 fully saturated rings. The van der Waals surface area contributed by atoms with E-state index in [4.69, 9.17) is 10.2 Å². The molecule has 0 saturated carbocycles. The van der Waals surface area contributed by atoms with Crippen molar-refractivity contribution in [3.63, 3.8) is 0 Å². The van der Waals surface area contributed by atoms with Crippen LogP contribution in [0.25, 0.3) is 0 Å². The molecule has 2 N–H and O–H groups in total. The molecule has 0 aromatic carbocycles. The van der Waals surface area contributed by atoms with E-state index in [0.29, 0.717) is 0 Å². The van der Waals surface area contributed by atoms with E-state index in [2.05, 4.69) is 0 Å². The summed E-state index contributed by atoms with van der Waals surface area (Å²) in [6.45, 7) is -2.75. The minimum Gasteiger partial charge on any atom is -0.549 e. The van der Waals surface area contributed by atoms with Crippen LogP contribution in [0, 0.1) is 0 Å². The molecule has 21 heavy (non-hydrogen) atoms. The number of aliphatic carboxylic acids is 4. The first-order valence-corrected chi connectivity index (χ1v) is 5.48. The molecule has 0 aliphatic carbocycles. The molecule has 1 radical (unpaired) electrons. The van der Waals surface area contributed by atoms with E-state index < -0.39 is 50.1 Å². The number of carbonyl (C=O) groups is 4. The molecular weight excluding hydrogens is 332 g/mol. The molecule has 0 aliphatic heterocycles. The van der Waals surface area contributed by atoms with Gasteiger partial charge in [-0.1, -0.05) is 0 Å². The average Bonchev–Trinajstić information content (AvgIpc) is 2.22. The third kappa shape index (κ3) is 13.1. The standard InChI is InChI=1S/C10H16N2O8.Fe/c13-7(14)3-11(4-8(15)16)1-2-12(5-9(17)18)6-10(19)20;/h1-6H2,(H,13,14)(H,15,16)(H,17,18)(H,19,20);/q;+3/p-2. The van der Waals surface area contributed by atoms with Crippen LogP contribution in [-0.4, -0.2) is 83.2 Å². The summed E-state index contributed by atoms with van der Waals surface area (Å²) in [5.74, 6) is -5.52. The second-order valence-corrected chi connectivity index (χ2v) is 3.95. The number of carbonyl (C=O) groups excluding carboxylic acids is 2. The largest absolute Gasteiger partial charge is 3.00 e. The Morgan fingerprint density at radius 3 is 1.19 bits per heavy atom. The van der Waals surface area contributed by atoms with Gasteiger partial charge >= 0.3 is 29.0 Å². The van der Waals surface area contributed by atoms with Crippen LogP contribution in [0.4, 0.5) is 0 Å². The van der Waals surface area contributed by atoms with Gasteiger partial charge in [0, 0.05) is 26.2 Å². The first kappa shape index (κ1) is 21.6. The van der Waals surface area contributed by atoms with E-state index in [0.717, 1.165) is 9.80 Å². The maximum absolute atomic E-state index is 10.5. The molecule has 0 aliphatic rings. The summed E-state index contributed by atoms with van der Waals surface area (Å²) in [7, 11) is 0. The summed E-state index contributed by atoms with van der Waals surface area (Å²) < 4.78 is 0. The topological polar surface area (TPSA) is 161 Å². The van der Waals surface area contributed by atoms with Crippen molar-refractivity contribution in [2.24, 2.45) is 0 Å². The molecule has 119 valence electrons. The molecule has 0 bridgehead atoms. The van der Waals surface area contributed by atoms with Crippen LogP contribution in [0.2, 0.25) is 0 Å². The zero-order valence-electron chi connectivity index (χ0n) is 10.8. The maximum Gasteiger partial charge on any atom is 3.00 e. The summed E-state index contributed by atoms with van der Waals surface area (Å²) in [4.78, 5) is 43.9. The fourth-order valence-corrected chi connectivity index (χ4v) is 1.46. The van der Waals surface area contributed by atoms with Gasteiger partial charge in [-0.2, -0.15) is 0 Å². The Morgan fingerprint density at radius 2 is 1.00 bits per heavy atom. The SMILES string of the molecule is O=C([O-])CN(CCN(CC(=O)[O-])CC(=O)O)CC(=O)O.[Fe+3]. The monoisotopic (exact) mass is 346 g/mol. The molecule has 0 amide bonds. The summed E-state index contributed by atoms with van der Waals surface area (Å²) in [6.07, 6.45) is 0. The predicted octanol–water partition coefficient (Wildman–Crippen LogP) is -4.74. The van der Waals surface area contributed by atoms with Crippen LogP contribution in [0.5, 0.6) is 0 Å². The maximum atomic E-state index is 10.5. The second-order valence-electron chi connectivity index (χ2n) is 3.95. The second kappa shape index (κ2) is 11.0. The predicted molar refractivity (Wildman–Crippen MR) is 58.2 cm³/mol. The summed E-state index contributed by atoms with van der Waals surface area (Å²) in [5.41, 5.74) is 0. The van der Waals surface area contributed by atoms with E-state index in [1.54, 1.807) is 0 Å². The Labute approximate surface area is 130 Å². The van der Waals surface area contributed by atoms with Crippen LogP contribution in [0.15, 0.2) is 0 Å². The smallest absolute Gasteiger partial charge is 0.549 e. The quantitative estimate of drug-likeness (QED) is 0.347. The molecule has 0 aromatic heterocycles. The third-order valence-electron chi connectivity index (χ3n) is 2.16. The minimum atomic E-state index is -1.49. The van der Waals surface area contributed by atoms with Crippen LogP contribution < -0.4 is 10.2 Å². The van der Waals surface area contributed by atoms with Crippen LogP contribution in [0.3, 0.4) is 0 Å². The normalized spacial score (nSPS) is 10.2. The molecule has 0 spiro atoms. The van der Waals surface area contributed by atoms with Crippen molar-refractivity contribution >= 4 is 23.9 Å². The van der Waals surface area contributed by atoms with Crippen molar-refractivity contribution in [1.29, 1.82) is 0 Å². The van der Waals surface area contributed by atoms with E-state index in [9.17, 15) is 29.4 Å². The van der Waals surface area contributed by atoms with E-state index in [1.807, 2.05) is 0 Å². The number of rotatable bonds is 11. The zero-order chi connectivity index (χ0) is 15.7. The van der Waals surface area contributed by atoms with Crippen LogP contribution >= 0.6 is 0 Å². The van der Waals surface area contributed by atoms with Gasteiger partial charge in [-0.15, -0.1) is 0 Å². The number of carboxylic acids is 4. The molecule has 0 rings (SSSR count). The van der Waals surface area contributed by atoms with Gasteiger partial charge in [0.15, 0.2) is 0 Å². The summed E-state index contributed by atoms with van der Waals surface area (Å²) >= 11 is 0. The Bertz CT molecular complexity index is 321. The van der Waals surface area contributed by atoms with Gasteiger partial charge in [-0.05, 0) is 0 Å². The molecule has 0 heterocycles. The molecule has 10 nitrogen and oxygen atoms in total. The molecule has 11 heteroatoms. The number of hydrogen-bond acceptors (Lipinski definition) is 8. The van der Waals surface area contributed by atoms with E-state index >= 15 is 0 Å². The molecule has 0 atom stereocenters. The Morgan fingerprint density at radius 1 is 0.714 bits per heavy atom. The average molecular weight is 346 g/mol. The minimum absolute atomic E-state index is 0. The molecule has 0 aromatic rings. The van der Waals surface area contributed by atoms with E-state index in [-0.39, 0.29) is 30.2 Å². The number of carboxylic acid groups (broad SMARTS) is 4. The first-order valence-electron chi connectivity index (χ1n) is 5.48. The van der Waals surface area contributed by atoms with Gasteiger partial charge < -0.3 is 30.0 Å². The van der Waals surface area contributed by atoms with Gasteiger partial charge in [0.05, 0.1) is 25.0 Å². The van der Waals surface area contributed by atoms with Crippen LogP contribution in [0.1, 0.15) is 0 Å². The molecular formula is C10H14FeN2O8+. The van der Waals surface area contributed by atoms with Gasteiger partial charge in [0.1, 0.15) is 0 Å². The van der Waals surface area contributed by atoms with Crippen molar-refractivity contribution in [2.75, 3.05) is 39.3 Å². The van der Waals surface area contributed by atoms with Crippen molar-refractivity contribution in [2.45, 2.75) is 0 Å². The van der Waals surface area contributed by atoms with Gasteiger partial charge in [0.25, 0.3) is 0 Å².